The van der Waals surface area contributed by atoms with E-state index in [4.69, 9.17) is 11.6 Å². The van der Waals surface area contributed by atoms with Crippen molar-refractivity contribution in [2.24, 2.45) is 0 Å². The molecule has 0 radical (unpaired) electrons. The van der Waals surface area contributed by atoms with Crippen LogP contribution in [0.2, 0.25) is 0 Å². The Morgan fingerprint density at radius 2 is 1.56 bits per heavy atom. The highest BCUT2D eigenvalue weighted by molar-refractivity contribution is 6.20. The third-order valence-corrected chi connectivity index (χ3v) is 3.10. The maximum Gasteiger partial charge on any atom is 0.0625 e. The number of rotatable bonds is 3. The molecule has 2 rings (SSSR count). The van der Waals surface area contributed by atoms with E-state index >= 15 is 0 Å². The predicted octanol–water partition coefficient (Wildman–Crippen LogP) is 4.52. The molecule has 1 atom stereocenters. The van der Waals surface area contributed by atoms with Crippen LogP contribution in [-0.4, -0.2) is 0 Å². The van der Waals surface area contributed by atoms with Gasteiger partial charge in [-0.25, -0.2) is 0 Å². The van der Waals surface area contributed by atoms with Gasteiger partial charge in [0, 0.05) is 0 Å². The Balaban J connectivity index is 2.08. The first-order chi connectivity index (χ1) is 7.75. The Labute approximate surface area is 102 Å². The highest BCUT2D eigenvalue weighted by Crippen LogP contribution is 2.24. The van der Waals surface area contributed by atoms with Gasteiger partial charge in [0.2, 0.25) is 0 Å². The number of halogens is 1. The fourth-order valence-corrected chi connectivity index (χ4v) is 2.03. The molecule has 0 aromatic heterocycles. The van der Waals surface area contributed by atoms with Crippen LogP contribution in [0, 0.1) is 6.92 Å². The molecule has 0 amide bonds. The van der Waals surface area contributed by atoms with Gasteiger partial charge in [0.05, 0.1) is 5.38 Å². The first-order valence-electron chi connectivity index (χ1n) is 5.50. The minimum atomic E-state index is 0.0592. The standard InChI is InChI=1S/C15H15Cl/c1-12-7-9-13(10-8-12)11-15(16)14-5-3-2-4-6-14/h2-10,15H,11H2,1H3. The van der Waals surface area contributed by atoms with Crippen molar-refractivity contribution in [3.05, 3.63) is 71.3 Å². The van der Waals surface area contributed by atoms with Crippen LogP contribution < -0.4 is 0 Å². The van der Waals surface area contributed by atoms with Crippen LogP contribution >= 0.6 is 11.6 Å². The quantitative estimate of drug-likeness (QED) is 0.681. The maximum atomic E-state index is 6.38. The van der Waals surface area contributed by atoms with E-state index in [0.717, 1.165) is 6.42 Å². The van der Waals surface area contributed by atoms with E-state index in [0.29, 0.717) is 0 Å². The van der Waals surface area contributed by atoms with Crippen molar-refractivity contribution in [3.63, 3.8) is 0 Å². The summed E-state index contributed by atoms with van der Waals surface area (Å²) in [7, 11) is 0. The molecule has 0 fully saturated rings. The summed E-state index contributed by atoms with van der Waals surface area (Å²) in [6.07, 6.45) is 0.881. The van der Waals surface area contributed by atoms with Gasteiger partial charge in [0.25, 0.3) is 0 Å². The summed E-state index contributed by atoms with van der Waals surface area (Å²) in [5.41, 5.74) is 3.76. The average molecular weight is 231 g/mol. The monoisotopic (exact) mass is 230 g/mol. The fraction of sp³-hybridized carbons (Fsp3) is 0.200. The van der Waals surface area contributed by atoms with E-state index in [9.17, 15) is 0 Å². The third-order valence-electron chi connectivity index (χ3n) is 2.70. The lowest BCUT2D eigenvalue weighted by Crippen LogP contribution is -1.95. The molecule has 0 nitrogen and oxygen atoms in total. The van der Waals surface area contributed by atoms with Gasteiger partial charge in [-0.15, -0.1) is 11.6 Å². The highest BCUT2D eigenvalue weighted by Gasteiger charge is 2.07. The number of aryl methyl sites for hydroxylation is 1. The van der Waals surface area contributed by atoms with E-state index in [1.54, 1.807) is 0 Å². The van der Waals surface area contributed by atoms with Gasteiger partial charge >= 0.3 is 0 Å². The summed E-state index contributed by atoms with van der Waals surface area (Å²) in [6, 6.07) is 18.8. The summed E-state index contributed by atoms with van der Waals surface area (Å²) in [5, 5.41) is 0.0592. The second-order valence-electron chi connectivity index (χ2n) is 4.07. The summed E-state index contributed by atoms with van der Waals surface area (Å²) >= 11 is 6.38. The van der Waals surface area contributed by atoms with Crippen LogP contribution in [0.15, 0.2) is 54.6 Å². The normalized spacial score (nSPS) is 12.4. The van der Waals surface area contributed by atoms with Crippen molar-refractivity contribution in [2.75, 3.05) is 0 Å². The molecule has 2 aromatic rings. The lowest BCUT2D eigenvalue weighted by atomic mass is 10.0. The van der Waals surface area contributed by atoms with Gasteiger partial charge in [0.15, 0.2) is 0 Å². The zero-order valence-electron chi connectivity index (χ0n) is 9.36. The van der Waals surface area contributed by atoms with Crippen LogP contribution in [0.3, 0.4) is 0 Å². The van der Waals surface area contributed by atoms with Crippen molar-refractivity contribution in [2.45, 2.75) is 18.7 Å². The molecule has 82 valence electrons. The van der Waals surface area contributed by atoms with Gasteiger partial charge in [-0.05, 0) is 24.5 Å². The van der Waals surface area contributed by atoms with Gasteiger partial charge in [-0.1, -0.05) is 60.2 Å². The number of benzene rings is 2. The first kappa shape index (κ1) is 11.2. The molecule has 1 heteroatoms. The Morgan fingerprint density at radius 1 is 0.938 bits per heavy atom. The van der Waals surface area contributed by atoms with Crippen molar-refractivity contribution < 1.29 is 0 Å². The SMILES string of the molecule is Cc1ccc(CC(Cl)c2ccccc2)cc1. The van der Waals surface area contributed by atoms with E-state index in [-0.39, 0.29) is 5.38 Å². The fourth-order valence-electron chi connectivity index (χ4n) is 1.71. The molecule has 16 heavy (non-hydrogen) atoms. The molecule has 0 saturated heterocycles. The van der Waals surface area contributed by atoms with Crippen LogP contribution in [-0.2, 0) is 6.42 Å². The Kier molecular flexibility index (Phi) is 3.63. The van der Waals surface area contributed by atoms with Crippen molar-refractivity contribution in [1.29, 1.82) is 0 Å². The summed E-state index contributed by atoms with van der Waals surface area (Å²) in [6.45, 7) is 2.10. The van der Waals surface area contributed by atoms with Gasteiger partial charge in [-0.2, -0.15) is 0 Å². The van der Waals surface area contributed by atoms with E-state index < -0.39 is 0 Å². The smallest absolute Gasteiger partial charge is 0.0625 e. The Morgan fingerprint density at radius 3 is 2.19 bits per heavy atom. The number of hydrogen-bond donors (Lipinski definition) is 0. The molecule has 0 heterocycles. The van der Waals surface area contributed by atoms with E-state index in [1.807, 2.05) is 18.2 Å². The molecule has 0 N–H and O–H groups in total. The molecule has 1 unspecified atom stereocenters. The summed E-state index contributed by atoms with van der Waals surface area (Å²) in [4.78, 5) is 0. The average Bonchev–Trinajstić information content (AvgIpc) is 2.33. The summed E-state index contributed by atoms with van der Waals surface area (Å²) < 4.78 is 0. The molecule has 0 bridgehead atoms. The molecule has 0 aliphatic heterocycles. The minimum absolute atomic E-state index is 0.0592. The molecule has 2 aromatic carbocycles. The molecule has 0 aliphatic carbocycles. The van der Waals surface area contributed by atoms with Crippen LogP contribution in [0.1, 0.15) is 22.1 Å². The molecule has 0 spiro atoms. The van der Waals surface area contributed by atoms with Crippen molar-refractivity contribution in [1.82, 2.24) is 0 Å². The summed E-state index contributed by atoms with van der Waals surface area (Å²) in [5.74, 6) is 0. The van der Waals surface area contributed by atoms with Gasteiger partial charge < -0.3 is 0 Å². The topological polar surface area (TPSA) is 0 Å². The zero-order chi connectivity index (χ0) is 11.4. The van der Waals surface area contributed by atoms with Gasteiger partial charge in [0.1, 0.15) is 0 Å². The van der Waals surface area contributed by atoms with Gasteiger partial charge in [-0.3, -0.25) is 0 Å². The Hall–Kier alpha value is -1.27. The second-order valence-corrected chi connectivity index (χ2v) is 4.59. The van der Waals surface area contributed by atoms with Crippen molar-refractivity contribution in [3.8, 4) is 0 Å². The second kappa shape index (κ2) is 5.18. The van der Waals surface area contributed by atoms with Crippen LogP contribution in [0.5, 0.6) is 0 Å². The lowest BCUT2D eigenvalue weighted by Gasteiger charge is -2.09. The maximum absolute atomic E-state index is 6.38. The number of hydrogen-bond acceptors (Lipinski definition) is 0. The first-order valence-corrected chi connectivity index (χ1v) is 5.94. The largest absolute Gasteiger partial charge is 0.117 e. The van der Waals surface area contributed by atoms with Crippen LogP contribution in [0.25, 0.3) is 0 Å². The number of alkyl halides is 1. The molecule has 0 saturated carbocycles. The third kappa shape index (κ3) is 2.86. The predicted molar refractivity (Wildman–Crippen MR) is 69.9 cm³/mol. The lowest BCUT2D eigenvalue weighted by molar-refractivity contribution is 0.919. The molecular weight excluding hydrogens is 216 g/mol. The van der Waals surface area contributed by atoms with Crippen molar-refractivity contribution >= 4 is 11.6 Å². The minimum Gasteiger partial charge on any atom is -0.117 e. The molecule has 0 aliphatic rings. The van der Waals surface area contributed by atoms with E-state index in [2.05, 4.69) is 43.3 Å². The highest BCUT2D eigenvalue weighted by atomic mass is 35.5. The zero-order valence-corrected chi connectivity index (χ0v) is 10.1. The molecular formula is C15H15Cl. The van der Waals surface area contributed by atoms with E-state index in [1.165, 1.54) is 16.7 Å². The van der Waals surface area contributed by atoms with Crippen LogP contribution in [0.4, 0.5) is 0 Å². The Bertz CT molecular complexity index is 431.